The Bertz CT molecular complexity index is 502. The number of hydrogen-bond acceptors (Lipinski definition) is 4. The Kier molecular flexibility index (Phi) is 5.00. The van der Waals surface area contributed by atoms with Gasteiger partial charge in [-0.15, -0.1) is 11.3 Å². The molecule has 2 rings (SSSR count). The molecule has 0 unspecified atom stereocenters. The molecule has 0 aromatic carbocycles. The lowest BCUT2D eigenvalue weighted by Gasteiger charge is -2.31. The molecule has 6 heteroatoms. The topological polar surface area (TPSA) is 57.6 Å². The van der Waals surface area contributed by atoms with Gasteiger partial charge in [-0.2, -0.15) is 4.31 Å². The number of hydrogen-bond donors (Lipinski definition) is 1. The van der Waals surface area contributed by atoms with Crippen LogP contribution in [0.4, 0.5) is 0 Å². The third-order valence-electron chi connectivity index (χ3n) is 3.74. The van der Waals surface area contributed by atoms with Gasteiger partial charge in [-0.3, -0.25) is 0 Å². The average molecular weight is 303 g/mol. The van der Waals surface area contributed by atoms with E-state index in [0.29, 0.717) is 23.9 Å². The highest BCUT2D eigenvalue weighted by atomic mass is 32.2. The quantitative estimate of drug-likeness (QED) is 0.909. The Morgan fingerprint density at radius 1 is 1.42 bits per heavy atom. The molecule has 108 valence electrons. The summed E-state index contributed by atoms with van der Waals surface area (Å²) < 4.78 is 26.6. The molecule has 1 aromatic rings. The van der Waals surface area contributed by atoms with Crippen molar-refractivity contribution in [3.8, 4) is 0 Å². The van der Waals surface area contributed by atoms with E-state index in [4.69, 9.17) is 0 Å². The fourth-order valence-electron chi connectivity index (χ4n) is 2.66. The highest BCUT2D eigenvalue weighted by Crippen LogP contribution is 2.29. The summed E-state index contributed by atoms with van der Waals surface area (Å²) in [5.74, 6) is 0.663. The van der Waals surface area contributed by atoms with Crippen LogP contribution in [0.15, 0.2) is 16.3 Å². The molecule has 1 aliphatic rings. The SMILES string of the molecule is CCCC1CCN(S(=O)(=O)c2ccsc2CO)CC1. The van der Waals surface area contributed by atoms with E-state index in [1.807, 2.05) is 0 Å². The predicted molar refractivity (Wildman–Crippen MR) is 76.6 cm³/mol. The van der Waals surface area contributed by atoms with Gasteiger partial charge in [0, 0.05) is 18.0 Å². The fraction of sp³-hybridized carbons (Fsp3) is 0.692. The maximum atomic E-state index is 12.5. The first-order valence-electron chi connectivity index (χ1n) is 6.77. The van der Waals surface area contributed by atoms with Crippen LogP contribution in [0.1, 0.15) is 37.5 Å². The number of aliphatic hydroxyl groups excluding tert-OH is 1. The van der Waals surface area contributed by atoms with Gasteiger partial charge in [-0.1, -0.05) is 19.8 Å². The zero-order valence-electron chi connectivity index (χ0n) is 11.2. The van der Waals surface area contributed by atoms with Crippen molar-refractivity contribution in [3.63, 3.8) is 0 Å². The number of nitrogens with zero attached hydrogens (tertiary/aromatic N) is 1. The summed E-state index contributed by atoms with van der Waals surface area (Å²) >= 11 is 1.29. The highest BCUT2D eigenvalue weighted by molar-refractivity contribution is 7.89. The molecule has 0 atom stereocenters. The van der Waals surface area contributed by atoms with Crippen LogP contribution in [0.3, 0.4) is 0 Å². The average Bonchev–Trinajstić information content (AvgIpc) is 2.89. The standard InChI is InChI=1S/C13H21NO3S2/c1-2-3-11-4-7-14(8-5-11)19(16,17)13-6-9-18-12(13)10-15/h6,9,11,15H,2-5,7-8,10H2,1H3. The van der Waals surface area contributed by atoms with Gasteiger partial charge in [-0.25, -0.2) is 8.42 Å². The van der Waals surface area contributed by atoms with E-state index in [9.17, 15) is 13.5 Å². The van der Waals surface area contributed by atoms with Gasteiger partial charge in [0.15, 0.2) is 0 Å². The van der Waals surface area contributed by atoms with E-state index in [-0.39, 0.29) is 11.5 Å². The minimum Gasteiger partial charge on any atom is -0.391 e. The number of piperidine rings is 1. The Labute approximate surface area is 119 Å². The third-order valence-corrected chi connectivity index (χ3v) is 6.75. The summed E-state index contributed by atoms with van der Waals surface area (Å²) in [6.07, 6.45) is 4.25. The van der Waals surface area contributed by atoms with Crippen molar-refractivity contribution < 1.29 is 13.5 Å². The largest absolute Gasteiger partial charge is 0.391 e. The predicted octanol–water partition coefficient (Wildman–Crippen LogP) is 2.44. The van der Waals surface area contributed by atoms with Gasteiger partial charge in [-0.05, 0) is 30.2 Å². The Balaban J connectivity index is 2.10. The van der Waals surface area contributed by atoms with Crippen molar-refractivity contribution in [2.24, 2.45) is 5.92 Å². The lowest BCUT2D eigenvalue weighted by atomic mass is 9.94. The van der Waals surface area contributed by atoms with Crippen molar-refractivity contribution in [1.29, 1.82) is 0 Å². The molecule has 0 aliphatic carbocycles. The minimum atomic E-state index is -3.42. The second-order valence-electron chi connectivity index (χ2n) is 5.00. The number of sulfonamides is 1. The first-order chi connectivity index (χ1) is 9.09. The van der Waals surface area contributed by atoms with Crippen LogP contribution in [0.2, 0.25) is 0 Å². The molecular weight excluding hydrogens is 282 g/mol. The van der Waals surface area contributed by atoms with E-state index in [2.05, 4.69) is 6.92 Å². The van der Waals surface area contributed by atoms with Crippen LogP contribution < -0.4 is 0 Å². The van der Waals surface area contributed by atoms with Gasteiger partial charge < -0.3 is 5.11 Å². The highest BCUT2D eigenvalue weighted by Gasteiger charge is 2.30. The van der Waals surface area contributed by atoms with Gasteiger partial charge in [0.1, 0.15) is 0 Å². The molecule has 4 nitrogen and oxygen atoms in total. The monoisotopic (exact) mass is 303 g/mol. The molecule has 1 aliphatic heterocycles. The molecule has 1 N–H and O–H groups in total. The van der Waals surface area contributed by atoms with Crippen molar-refractivity contribution in [2.75, 3.05) is 13.1 Å². The van der Waals surface area contributed by atoms with Crippen LogP contribution in [-0.4, -0.2) is 30.9 Å². The summed E-state index contributed by atoms with van der Waals surface area (Å²) in [7, 11) is -3.42. The number of rotatable bonds is 5. The first-order valence-corrected chi connectivity index (χ1v) is 9.09. The molecule has 19 heavy (non-hydrogen) atoms. The van der Waals surface area contributed by atoms with Crippen LogP contribution in [0.5, 0.6) is 0 Å². The summed E-state index contributed by atoms with van der Waals surface area (Å²) in [6, 6.07) is 1.60. The summed E-state index contributed by atoms with van der Waals surface area (Å²) in [5.41, 5.74) is 0. The summed E-state index contributed by atoms with van der Waals surface area (Å²) in [6.45, 7) is 3.17. The van der Waals surface area contributed by atoms with E-state index in [0.717, 1.165) is 19.3 Å². The van der Waals surface area contributed by atoms with Gasteiger partial charge >= 0.3 is 0 Å². The van der Waals surface area contributed by atoms with Crippen molar-refractivity contribution in [3.05, 3.63) is 16.3 Å². The molecule has 0 bridgehead atoms. The Hall–Kier alpha value is -0.430. The van der Waals surface area contributed by atoms with Gasteiger partial charge in [0.2, 0.25) is 10.0 Å². The lowest BCUT2D eigenvalue weighted by molar-refractivity contribution is 0.260. The molecule has 0 saturated carbocycles. The normalized spacial score (nSPS) is 18.8. The van der Waals surface area contributed by atoms with Crippen molar-refractivity contribution in [1.82, 2.24) is 4.31 Å². The maximum Gasteiger partial charge on any atom is 0.244 e. The van der Waals surface area contributed by atoms with E-state index in [1.165, 1.54) is 17.8 Å². The fourth-order valence-corrected chi connectivity index (χ4v) is 5.40. The zero-order chi connectivity index (χ0) is 13.9. The maximum absolute atomic E-state index is 12.5. The lowest BCUT2D eigenvalue weighted by Crippen LogP contribution is -2.38. The Morgan fingerprint density at radius 3 is 2.68 bits per heavy atom. The van der Waals surface area contributed by atoms with E-state index >= 15 is 0 Å². The van der Waals surface area contributed by atoms with Crippen molar-refractivity contribution >= 4 is 21.4 Å². The second-order valence-corrected chi connectivity index (χ2v) is 7.91. The van der Waals surface area contributed by atoms with E-state index in [1.54, 1.807) is 15.8 Å². The minimum absolute atomic E-state index is 0.210. The van der Waals surface area contributed by atoms with Gasteiger partial charge in [0.25, 0.3) is 0 Å². The third kappa shape index (κ3) is 3.18. The zero-order valence-corrected chi connectivity index (χ0v) is 12.8. The van der Waals surface area contributed by atoms with E-state index < -0.39 is 10.0 Å². The van der Waals surface area contributed by atoms with Crippen molar-refractivity contribution in [2.45, 2.75) is 44.1 Å². The molecule has 0 amide bonds. The molecule has 1 fully saturated rings. The molecule has 0 radical (unpaired) electrons. The molecule has 1 aromatic heterocycles. The Morgan fingerprint density at radius 2 is 2.11 bits per heavy atom. The summed E-state index contributed by atoms with van der Waals surface area (Å²) in [4.78, 5) is 0.824. The second kappa shape index (κ2) is 6.35. The number of aliphatic hydroxyl groups is 1. The number of thiophene rings is 1. The first kappa shape index (κ1) is 15.0. The van der Waals surface area contributed by atoms with Gasteiger partial charge in [0.05, 0.1) is 11.5 Å². The molecule has 2 heterocycles. The van der Waals surface area contributed by atoms with Crippen LogP contribution in [0.25, 0.3) is 0 Å². The molecular formula is C13H21NO3S2. The molecule has 1 saturated heterocycles. The van der Waals surface area contributed by atoms with Crippen LogP contribution >= 0.6 is 11.3 Å². The summed E-state index contributed by atoms with van der Waals surface area (Å²) in [5, 5.41) is 10.9. The van der Waals surface area contributed by atoms with Crippen LogP contribution in [-0.2, 0) is 16.6 Å². The van der Waals surface area contributed by atoms with Crippen LogP contribution in [0, 0.1) is 5.92 Å². The molecule has 0 spiro atoms. The smallest absolute Gasteiger partial charge is 0.244 e.